The van der Waals surface area contributed by atoms with Crippen LogP contribution in [0, 0.1) is 0 Å². The molecule has 2 aromatic carbocycles. The summed E-state index contributed by atoms with van der Waals surface area (Å²) in [4.78, 5) is 6.93. The van der Waals surface area contributed by atoms with Crippen molar-refractivity contribution < 1.29 is 17.9 Å². The molecular formula is C25H28BrN3O4S. The summed E-state index contributed by atoms with van der Waals surface area (Å²) in [7, 11) is -3.70. The highest BCUT2D eigenvalue weighted by molar-refractivity contribution is 9.10. The molecule has 1 aliphatic rings. The molecule has 0 bridgehead atoms. The molecule has 2 heterocycles. The molecule has 1 aliphatic heterocycles. The molecule has 1 unspecified atom stereocenters. The highest BCUT2D eigenvalue weighted by Crippen LogP contribution is 2.32. The number of nitrogens with one attached hydrogen (secondary N) is 1. The van der Waals surface area contributed by atoms with Crippen LogP contribution in [0.2, 0.25) is 0 Å². The van der Waals surface area contributed by atoms with Gasteiger partial charge < -0.3 is 14.4 Å². The van der Waals surface area contributed by atoms with Gasteiger partial charge >= 0.3 is 0 Å². The van der Waals surface area contributed by atoms with Crippen molar-refractivity contribution >= 4 is 31.6 Å². The molecule has 7 nitrogen and oxygen atoms in total. The smallest absolute Gasteiger partial charge is 0.241 e. The summed E-state index contributed by atoms with van der Waals surface area (Å²) in [6.07, 6.45) is 2.30. The number of sulfonamides is 1. The molecule has 9 heteroatoms. The van der Waals surface area contributed by atoms with Crippen LogP contribution in [0.4, 0.5) is 5.69 Å². The van der Waals surface area contributed by atoms with Crippen molar-refractivity contribution in [3.05, 3.63) is 76.4 Å². The summed E-state index contributed by atoms with van der Waals surface area (Å²) in [5, 5.41) is 0. The van der Waals surface area contributed by atoms with E-state index in [2.05, 4.69) is 36.6 Å². The third-order valence-electron chi connectivity index (χ3n) is 5.72. The molecule has 1 aromatic heterocycles. The Morgan fingerprint density at radius 1 is 1.15 bits per heavy atom. The van der Waals surface area contributed by atoms with E-state index in [1.54, 1.807) is 30.5 Å². The van der Waals surface area contributed by atoms with Crippen molar-refractivity contribution in [3.8, 4) is 11.6 Å². The van der Waals surface area contributed by atoms with Crippen molar-refractivity contribution in [1.29, 1.82) is 0 Å². The summed E-state index contributed by atoms with van der Waals surface area (Å²) in [5.74, 6) is 1.17. The van der Waals surface area contributed by atoms with Crippen molar-refractivity contribution in [2.24, 2.45) is 0 Å². The molecule has 0 radical (unpaired) electrons. The molecular weight excluding hydrogens is 518 g/mol. The van der Waals surface area contributed by atoms with E-state index in [0.29, 0.717) is 35.7 Å². The van der Waals surface area contributed by atoms with Gasteiger partial charge in [0.15, 0.2) is 0 Å². The molecule has 4 rings (SSSR count). The third-order valence-corrected chi connectivity index (χ3v) is 7.75. The number of pyridine rings is 1. The SMILES string of the molecule is CCc1c(C(C)NS(=O)(=O)c2cccc(Br)c2)ccnc1Oc1cccc(N2CCOCC2)c1. The van der Waals surface area contributed by atoms with E-state index in [0.717, 1.165) is 29.9 Å². The lowest BCUT2D eigenvalue weighted by atomic mass is 10.0. The first-order chi connectivity index (χ1) is 16.4. The van der Waals surface area contributed by atoms with Crippen molar-refractivity contribution in [2.45, 2.75) is 31.2 Å². The average molecular weight is 546 g/mol. The number of hydrogen-bond donors (Lipinski definition) is 1. The molecule has 0 saturated carbocycles. The lowest BCUT2D eigenvalue weighted by molar-refractivity contribution is 0.122. The van der Waals surface area contributed by atoms with Crippen LogP contribution in [0.25, 0.3) is 0 Å². The van der Waals surface area contributed by atoms with E-state index in [4.69, 9.17) is 9.47 Å². The highest BCUT2D eigenvalue weighted by Gasteiger charge is 2.22. The van der Waals surface area contributed by atoms with Crippen LogP contribution in [-0.4, -0.2) is 39.7 Å². The van der Waals surface area contributed by atoms with Gasteiger partial charge in [-0.25, -0.2) is 18.1 Å². The molecule has 34 heavy (non-hydrogen) atoms. The molecule has 180 valence electrons. The average Bonchev–Trinajstić information content (AvgIpc) is 2.84. The normalized spacial score (nSPS) is 15.2. The number of anilines is 1. The Bertz CT molecular complexity index is 1250. The highest BCUT2D eigenvalue weighted by atomic mass is 79.9. The number of benzene rings is 2. The van der Waals surface area contributed by atoms with Gasteiger partial charge in [-0.3, -0.25) is 0 Å². The quantitative estimate of drug-likeness (QED) is 0.425. The van der Waals surface area contributed by atoms with Gasteiger partial charge in [0.25, 0.3) is 0 Å². The molecule has 0 spiro atoms. The molecule has 0 amide bonds. The van der Waals surface area contributed by atoms with Gasteiger partial charge in [-0.15, -0.1) is 0 Å². The van der Waals surface area contributed by atoms with Gasteiger partial charge in [0.1, 0.15) is 5.75 Å². The number of morpholine rings is 1. The van der Waals surface area contributed by atoms with Crippen LogP contribution in [0.15, 0.2) is 70.2 Å². The standard InChI is InChI=1S/C25H28BrN3O4S/c1-3-23-24(18(2)28-34(30,31)22-9-4-6-19(26)16-22)10-11-27-25(23)33-21-8-5-7-20(17-21)29-12-14-32-15-13-29/h4-11,16-18,28H,3,12-15H2,1-2H3. The zero-order valence-electron chi connectivity index (χ0n) is 19.2. The Kier molecular flexibility index (Phi) is 7.88. The number of nitrogens with zero attached hydrogens (tertiary/aromatic N) is 2. The second-order valence-corrected chi connectivity index (χ2v) is 10.7. The zero-order chi connectivity index (χ0) is 24.1. The van der Waals surface area contributed by atoms with E-state index in [9.17, 15) is 8.42 Å². The third kappa shape index (κ3) is 5.78. The number of ether oxygens (including phenoxy) is 2. The Morgan fingerprint density at radius 3 is 2.65 bits per heavy atom. The molecule has 3 aromatic rings. The summed E-state index contributed by atoms with van der Waals surface area (Å²) >= 11 is 3.33. The molecule has 0 aliphatic carbocycles. The Morgan fingerprint density at radius 2 is 1.91 bits per heavy atom. The van der Waals surface area contributed by atoms with Crippen LogP contribution < -0.4 is 14.4 Å². The number of aromatic nitrogens is 1. The molecule has 1 atom stereocenters. The Balaban J connectivity index is 1.57. The zero-order valence-corrected chi connectivity index (χ0v) is 21.6. The van der Waals surface area contributed by atoms with Gasteiger partial charge in [-0.1, -0.05) is 35.0 Å². The molecule has 1 saturated heterocycles. The van der Waals surface area contributed by atoms with Crippen molar-refractivity contribution in [3.63, 3.8) is 0 Å². The predicted octanol–water partition coefficient (Wildman–Crippen LogP) is 5.07. The summed E-state index contributed by atoms with van der Waals surface area (Å²) in [5.41, 5.74) is 2.77. The monoisotopic (exact) mass is 545 g/mol. The van der Waals surface area contributed by atoms with Gasteiger partial charge in [-0.05, 0) is 55.3 Å². The fraction of sp³-hybridized carbons (Fsp3) is 0.320. The second kappa shape index (κ2) is 10.9. The lowest BCUT2D eigenvalue weighted by Gasteiger charge is -2.29. The maximum atomic E-state index is 12.9. The van der Waals surface area contributed by atoms with Gasteiger partial charge in [-0.2, -0.15) is 0 Å². The predicted molar refractivity (Wildman–Crippen MR) is 136 cm³/mol. The maximum absolute atomic E-state index is 12.9. The van der Waals surface area contributed by atoms with Crippen LogP contribution >= 0.6 is 15.9 Å². The van der Waals surface area contributed by atoms with E-state index in [1.807, 2.05) is 38.1 Å². The second-order valence-electron chi connectivity index (χ2n) is 8.04. The van der Waals surface area contributed by atoms with Crippen LogP contribution in [0.1, 0.15) is 31.0 Å². The lowest BCUT2D eigenvalue weighted by Crippen LogP contribution is -2.36. The fourth-order valence-electron chi connectivity index (χ4n) is 4.01. The minimum atomic E-state index is -3.70. The van der Waals surface area contributed by atoms with Gasteiger partial charge in [0.05, 0.1) is 18.1 Å². The van der Waals surface area contributed by atoms with E-state index in [1.165, 1.54) is 0 Å². The Hall–Kier alpha value is -2.46. The van der Waals surface area contributed by atoms with Gasteiger partial charge in [0, 0.05) is 47.1 Å². The largest absolute Gasteiger partial charge is 0.439 e. The number of rotatable bonds is 8. The summed E-state index contributed by atoms with van der Waals surface area (Å²) < 4.78 is 41.0. The molecule has 1 N–H and O–H groups in total. The minimum absolute atomic E-state index is 0.206. The fourth-order valence-corrected chi connectivity index (χ4v) is 5.83. The number of hydrogen-bond acceptors (Lipinski definition) is 6. The van der Waals surface area contributed by atoms with E-state index in [-0.39, 0.29) is 4.90 Å². The first-order valence-corrected chi connectivity index (χ1v) is 13.5. The van der Waals surface area contributed by atoms with Crippen molar-refractivity contribution in [1.82, 2.24) is 9.71 Å². The maximum Gasteiger partial charge on any atom is 0.241 e. The van der Waals surface area contributed by atoms with Gasteiger partial charge in [0.2, 0.25) is 15.9 Å². The first kappa shape index (κ1) is 24.7. The molecule has 1 fully saturated rings. The van der Waals surface area contributed by atoms with E-state index >= 15 is 0 Å². The first-order valence-electron chi connectivity index (χ1n) is 11.2. The van der Waals surface area contributed by atoms with E-state index < -0.39 is 16.1 Å². The summed E-state index contributed by atoms with van der Waals surface area (Å²) in [6.45, 7) is 6.94. The van der Waals surface area contributed by atoms with Crippen LogP contribution in [-0.2, 0) is 21.2 Å². The van der Waals surface area contributed by atoms with Crippen molar-refractivity contribution in [2.75, 3.05) is 31.2 Å². The number of halogens is 1. The van der Waals surface area contributed by atoms with Crippen LogP contribution in [0.3, 0.4) is 0 Å². The van der Waals surface area contributed by atoms with Crippen LogP contribution in [0.5, 0.6) is 11.6 Å². The Labute approximate surface area is 209 Å². The summed E-state index contributed by atoms with van der Waals surface area (Å²) in [6, 6.07) is 15.9. The topological polar surface area (TPSA) is 80.8 Å². The minimum Gasteiger partial charge on any atom is -0.439 e.